The molecule has 0 atom stereocenters. The van der Waals surface area contributed by atoms with E-state index in [4.69, 9.17) is 0 Å². The van der Waals surface area contributed by atoms with Crippen molar-refractivity contribution >= 4 is 53.9 Å². The number of rotatable bonds is 16. The van der Waals surface area contributed by atoms with Crippen LogP contribution in [0.1, 0.15) is 102 Å². The quantitative estimate of drug-likeness (QED) is 0.0911. The summed E-state index contributed by atoms with van der Waals surface area (Å²) in [6.45, 7) is 4.59. The molecule has 0 aliphatic rings. The number of benzene rings is 6. The van der Waals surface area contributed by atoms with Crippen LogP contribution in [0.3, 0.4) is 0 Å². The first kappa shape index (κ1) is 32.8. The molecule has 0 fully saturated rings. The van der Waals surface area contributed by atoms with Gasteiger partial charge in [0.05, 0.1) is 0 Å². The Morgan fingerprint density at radius 2 is 0.660 bits per heavy atom. The van der Waals surface area contributed by atoms with Crippen molar-refractivity contribution in [1.29, 1.82) is 0 Å². The summed E-state index contributed by atoms with van der Waals surface area (Å²) >= 11 is 0. The van der Waals surface area contributed by atoms with Gasteiger partial charge in [0, 0.05) is 0 Å². The fraction of sp³-hybridized carbons (Fsp3) is 0.320. The summed E-state index contributed by atoms with van der Waals surface area (Å²) < 4.78 is 0. The van der Waals surface area contributed by atoms with Crippen LogP contribution in [0.25, 0.3) is 76.1 Å². The van der Waals surface area contributed by atoms with Gasteiger partial charge in [0.15, 0.2) is 0 Å². The predicted molar refractivity (Wildman–Crippen MR) is 221 cm³/mol. The van der Waals surface area contributed by atoms with Gasteiger partial charge in [-0.3, -0.25) is 0 Å². The van der Waals surface area contributed by atoms with E-state index in [1.807, 2.05) is 0 Å². The first-order valence-corrected chi connectivity index (χ1v) is 19.8. The molecule has 0 unspecified atom stereocenters. The van der Waals surface area contributed by atoms with Crippen molar-refractivity contribution in [2.45, 2.75) is 104 Å². The molecule has 252 valence electrons. The molecule has 0 heteroatoms. The molecule has 8 aromatic rings. The largest absolute Gasteiger partial charge is 0.0654 e. The molecule has 0 aromatic heterocycles. The smallest absolute Gasteiger partial charge is 0.00921 e. The van der Waals surface area contributed by atoms with E-state index in [9.17, 15) is 0 Å². The summed E-state index contributed by atoms with van der Waals surface area (Å²) in [5, 5.41) is 13.8. The first-order valence-electron chi connectivity index (χ1n) is 19.8. The van der Waals surface area contributed by atoms with Crippen LogP contribution in [-0.4, -0.2) is 0 Å². The van der Waals surface area contributed by atoms with Gasteiger partial charge in [-0.15, -0.1) is 0 Å². The highest BCUT2D eigenvalue weighted by Crippen LogP contribution is 2.47. The summed E-state index contributed by atoms with van der Waals surface area (Å²) in [4.78, 5) is 0. The van der Waals surface area contributed by atoms with E-state index in [1.165, 1.54) is 177 Å². The Kier molecular flexibility index (Phi) is 9.71. The third-order valence-corrected chi connectivity index (χ3v) is 11.5. The van der Waals surface area contributed by atoms with E-state index in [1.54, 1.807) is 0 Å². The summed E-state index contributed by atoms with van der Waals surface area (Å²) in [7, 11) is 0. The van der Waals surface area contributed by atoms with Crippen molar-refractivity contribution in [3.63, 3.8) is 0 Å². The van der Waals surface area contributed by atoms with E-state index in [0.717, 1.165) is 0 Å². The molecule has 0 spiro atoms. The number of fused-ring (bicyclic) bond motifs is 9. The minimum atomic E-state index is 1.18. The normalized spacial score (nSPS) is 12.1. The van der Waals surface area contributed by atoms with Gasteiger partial charge in [0.25, 0.3) is 0 Å². The Morgan fingerprint density at radius 1 is 0.320 bits per heavy atom. The molecule has 0 nitrogen and oxygen atoms in total. The third kappa shape index (κ3) is 6.46. The molecule has 0 saturated heterocycles. The molecule has 0 N–H and O–H groups in total. The molecule has 0 aliphatic heterocycles. The average molecular weight is 653 g/mol. The summed E-state index contributed by atoms with van der Waals surface area (Å²) in [5.74, 6) is 0. The van der Waals surface area contributed by atoms with Crippen LogP contribution in [0, 0.1) is 0 Å². The topological polar surface area (TPSA) is 0 Å². The lowest BCUT2D eigenvalue weighted by Gasteiger charge is -2.21. The number of hydrogen-bond acceptors (Lipinski definition) is 0. The van der Waals surface area contributed by atoms with Gasteiger partial charge >= 0.3 is 0 Å². The fourth-order valence-electron chi connectivity index (χ4n) is 8.50. The molecule has 0 amide bonds. The van der Waals surface area contributed by atoms with Gasteiger partial charge in [-0.1, -0.05) is 151 Å². The van der Waals surface area contributed by atoms with Crippen LogP contribution in [0.15, 0.2) is 109 Å². The lowest BCUT2D eigenvalue weighted by Crippen LogP contribution is -1.94. The maximum Gasteiger partial charge on any atom is -0.00921 e. The molecular formula is C50H52. The molecular weight excluding hydrogens is 601 g/mol. The molecule has 0 heterocycles. The maximum atomic E-state index is 2.49. The van der Waals surface area contributed by atoms with Gasteiger partial charge in [-0.25, -0.2) is 0 Å². The zero-order valence-electron chi connectivity index (χ0n) is 30.3. The monoisotopic (exact) mass is 652 g/mol. The van der Waals surface area contributed by atoms with Crippen LogP contribution < -0.4 is 0 Å². The van der Waals surface area contributed by atoms with Crippen LogP contribution in [0.2, 0.25) is 0 Å². The van der Waals surface area contributed by atoms with Crippen LogP contribution >= 0.6 is 0 Å². The number of unbranched alkanes of at least 4 members (excludes halogenated alkanes) is 10. The molecule has 0 bridgehead atoms. The summed E-state index contributed by atoms with van der Waals surface area (Å²) in [6.07, 6.45) is 18.5. The Hall–Kier alpha value is -4.42. The van der Waals surface area contributed by atoms with Gasteiger partial charge in [0.2, 0.25) is 0 Å². The predicted octanol–water partition coefficient (Wildman–Crippen LogP) is 15.5. The van der Waals surface area contributed by atoms with Crippen molar-refractivity contribution in [2.24, 2.45) is 0 Å². The molecule has 0 radical (unpaired) electrons. The highest BCUT2D eigenvalue weighted by Gasteiger charge is 2.20. The highest BCUT2D eigenvalue weighted by atomic mass is 14.2. The van der Waals surface area contributed by atoms with Crippen molar-refractivity contribution in [3.8, 4) is 22.3 Å². The molecule has 50 heavy (non-hydrogen) atoms. The molecule has 0 aliphatic carbocycles. The van der Waals surface area contributed by atoms with Crippen LogP contribution in [-0.2, 0) is 12.8 Å². The zero-order valence-corrected chi connectivity index (χ0v) is 30.3. The summed E-state index contributed by atoms with van der Waals surface area (Å²) in [6, 6.07) is 42.5. The average Bonchev–Trinajstić information content (AvgIpc) is 3.15. The minimum absolute atomic E-state index is 1.18. The number of aryl methyl sites for hydroxylation is 2. The van der Waals surface area contributed by atoms with E-state index in [-0.39, 0.29) is 0 Å². The number of hydrogen-bond donors (Lipinski definition) is 0. The molecule has 0 saturated carbocycles. The second-order valence-corrected chi connectivity index (χ2v) is 15.1. The lowest BCUT2D eigenvalue weighted by atomic mass is 9.82. The van der Waals surface area contributed by atoms with Crippen molar-refractivity contribution in [1.82, 2.24) is 0 Å². The standard InChI is InChI=1S/C50H52/c1-3-5-7-9-11-13-17-35-21-25-37(26-22-35)41-31-45-46(32-42(41)38-27-23-36(24-28-38)18-14-12-10-8-6-4-2)50-34-48-44-30-40-20-16-15-19-39(40)29-43(44)47(48)33-49(45)50/h15-16,19-34H,3-14,17-18H2,1-2H3. The van der Waals surface area contributed by atoms with Gasteiger partial charge in [0.1, 0.15) is 0 Å². The van der Waals surface area contributed by atoms with Gasteiger partial charge in [-0.2, -0.15) is 0 Å². The van der Waals surface area contributed by atoms with Crippen molar-refractivity contribution in [2.75, 3.05) is 0 Å². The summed E-state index contributed by atoms with van der Waals surface area (Å²) in [5.41, 5.74) is 8.26. The molecule has 8 aromatic carbocycles. The minimum Gasteiger partial charge on any atom is -0.0654 e. The van der Waals surface area contributed by atoms with E-state index < -0.39 is 0 Å². The Bertz CT molecular complexity index is 2150. The van der Waals surface area contributed by atoms with Crippen molar-refractivity contribution in [3.05, 3.63) is 120 Å². The second kappa shape index (κ2) is 14.8. The SMILES string of the molecule is CCCCCCCCc1ccc(-c2cc3c(cc2-c2ccc(CCCCCCCC)cc2)c2cc4c5cc6ccccc6cc5c4cc32)cc1. The van der Waals surface area contributed by atoms with Gasteiger partial charge < -0.3 is 0 Å². The first-order chi connectivity index (χ1) is 24.7. The van der Waals surface area contributed by atoms with E-state index in [2.05, 4.69) is 123 Å². The zero-order chi connectivity index (χ0) is 33.9. The van der Waals surface area contributed by atoms with Crippen LogP contribution in [0.4, 0.5) is 0 Å². The Morgan fingerprint density at radius 3 is 1.06 bits per heavy atom. The highest BCUT2D eigenvalue weighted by molar-refractivity contribution is 6.36. The Balaban J connectivity index is 1.13. The molecule has 8 rings (SSSR count). The van der Waals surface area contributed by atoms with E-state index >= 15 is 0 Å². The Labute approximate surface area is 299 Å². The third-order valence-electron chi connectivity index (χ3n) is 11.5. The van der Waals surface area contributed by atoms with E-state index in [0.29, 0.717) is 0 Å². The second-order valence-electron chi connectivity index (χ2n) is 15.1. The van der Waals surface area contributed by atoms with Gasteiger partial charge in [-0.05, 0) is 149 Å². The lowest BCUT2D eigenvalue weighted by molar-refractivity contribution is 0.607. The maximum absolute atomic E-state index is 2.49. The van der Waals surface area contributed by atoms with Crippen LogP contribution in [0.5, 0.6) is 0 Å². The fourth-order valence-corrected chi connectivity index (χ4v) is 8.50. The van der Waals surface area contributed by atoms with Crippen molar-refractivity contribution < 1.29 is 0 Å².